The number of aryl methyl sites for hydroxylation is 1. The SMILES string of the molecule is Cc1ccc(C2=Nc3ccccc3SC(c3ccccc3)C2)cc1. The molecule has 0 amide bonds. The molecule has 2 heteroatoms. The highest BCUT2D eigenvalue weighted by Crippen LogP contribution is 2.45. The minimum absolute atomic E-state index is 0.384. The monoisotopic (exact) mass is 329 g/mol. The van der Waals surface area contributed by atoms with E-state index in [1.54, 1.807) is 0 Å². The van der Waals surface area contributed by atoms with Gasteiger partial charge >= 0.3 is 0 Å². The van der Waals surface area contributed by atoms with Crippen LogP contribution in [0.15, 0.2) is 88.8 Å². The van der Waals surface area contributed by atoms with E-state index >= 15 is 0 Å². The molecule has 0 aromatic heterocycles. The van der Waals surface area contributed by atoms with E-state index in [9.17, 15) is 0 Å². The molecule has 0 radical (unpaired) electrons. The van der Waals surface area contributed by atoms with Gasteiger partial charge in [0.05, 0.1) is 5.69 Å². The maximum absolute atomic E-state index is 5.01. The second-order valence-corrected chi connectivity index (χ2v) is 7.36. The van der Waals surface area contributed by atoms with Crippen molar-refractivity contribution < 1.29 is 0 Å². The fourth-order valence-corrected chi connectivity index (χ4v) is 4.23. The molecule has 0 N–H and O–H groups in total. The van der Waals surface area contributed by atoms with Crippen molar-refractivity contribution in [3.63, 3.8) is 0 Å². The van der Waals surface area contributed by atoms with Gasteiger partial charge in [-0.3, -0.25) is 4.99 Å². The van der Waals surface area contributed by atoms with E-state index in [1.165, 1.54) is 27.3 Å². The van der Waals surface area contributed by atoms with Crippen molar-refractivity contribution >= 4 is 23.2 Å². The molecule has 0 saturated carbocycles. The fraction of sp³-hybridized carbons (Fsp3) is 0.136. The van der Waals surface area contributed by atoms with E-state index < -0.39 is 0 Å². The summed E-state index contributed by atoms with van der Waals surface area (Å²) in [6, 6.07) is 27.9. The van der Waals surface area contributed by atoms with Crippen molar-refractivity contribution in [2.45, 2.75) is 23.5 Å². The van der Waals surface area contributed by atoms with E-state index in [0.717, 1.165) is 12.1 Å². The maximum atomic E-state index is 5.01. The van der Waals surface area contributed by atoms with Crippen LogP contribution >= 0.6 is 11.8 Å². The molecule has 3 aromatic rings. The van der Waals surface area contributed by atoms with E-state index in [2.05, 4.69) is 85.8 Å². The first-order valence-corrected chi connectivity index (χ1v) is 9.13. The molecule has 1 nitrogen and oxygen atoms in total. The van der Waals surface area contributed by atoms with Crippen LogP contribution in [0.1, 0.15) is 28.4 Å². The minimum atomic E-state index is 0.384. The Morgan fingerprint density at radius 1 is 0.833 bits per heavy atom. The number of aliphatic imine (C=N–C) groups is 1. The summed E-state index contributed by atoms with van der Waals surface area (Å²) in [4.78, 5) is 6.27. The first kappa shape index (κ1) is 15.2. The van der Waals surface area contributed by atoms with Crippen molar-refractivity contribution in [1.82, 2.24) is 0 Å². The van der Waals surface area contributed by atoms with Crippen molar-refractivity contribution in [3.8, 4) is 0 Å². The van der Waals surface area contributed by atoms with Gasteiger partial charge in [0, 0.05) is 22.3 Å². The zero-order valence-electron chi connectivity index (χ0n) is 13.6. The summed E-state index contributed by atoms with van der Waals surface area (Å²) < 4.78 is 0. The first-order valence-electron chi connectivity index (χ1n) is 8.25. The Morgan fingerprint density at radius 3 is 2.33 bits per heavy atom. The normalized spacial score (nSPS) is 16.9. The average molecular weight is 329 g/mol. The summed E-state index contributed by atoms with van der Waals surface area (Å²) in [5.74, 6) is 0. The zero-order chi connectivity index (χ0) is 16.4. The van der Waals surface area contributed by atoms with Crippen LogP contribution in [0.25, 0.3) is 0 Å². The Bertz CT molecular complexity index is 866. The summed E-state index contributed by atoms with van der Waals surface area (Å²) in [6.45, 7) is 2.12. The second-order valence-electron chi connectivity index (χ2n) is 6.11. The van der Waals surface area contributed by atoms with Gasteiger partial charge in [-0.1, -0.05) is 72.3 Å². The van der Waals surface area contributed by atoms with Gasteiger partial charge < -0.3 is 0 Å². The molecule has 1 atom stereocenters. The van der Waals surface area contributed by atoms with Gasteiger partial charge in [0.15, 0.2) is 0 Å². The van der Waals surface area contributed by atoms with Gasteiger partial charge in [0.25, 0.3) is 0 Å². The summed E-state index contributed by atoms with van der Waals surface area (Å²) in [5, 5.41) is 0.384. The quantitative estimate of drug-likeness (QED) is 0.533. The fourth-order valence-electron chi connectivity index (χ4n) is 2.99. The summed E-state index contributed by atoms with van der Waals surface area (Å²) in [6.07, 6.45) is 0.937. The lowest BCUT2D eigenvalue weighted by molar-refractivity contribution is 1.01. The Kier molecular flexibility index (Phi) is 4.22. The van der Waals surface area contributed by atoms with Crippen LogP contribution in [-0.4, -0.2) is 5.71 Å². The molecule has 1 aliphatic heterocycles. The number of hydrogen-bond acceptors (Lipinski definition) is 2. The highest BCUT2D eigenvalue weighted by atomic mass is 32.2. The lowest BCUT2D eigenvalue weighted by atomic mass is 10.0. The average Bonchev–Trinajstić information content (AvgIpc) is 2.83. The lowest BCUT2D eigenvalue weighted by Gasteiger charge is -2.16. The lowest BCUT2D eigenvalue weighted by Crippen LogP contribution is -2.05. The predicted octanol–water partition coefficient (Wildman–Crippen LogP) is 6.35. The molecular formula is C22H19NS. The largest absolute Gasteiger partial charge is 0.252 e. The van der Waals surface area contributed by atoms with Gasteiger partial charge in [0.1, 0.15) is 0 Å². The number of thioether (sulfide) groups is 1. The van der Waals surface area contributed by atoms with E-state index in [4.69, 9.17) is 4.99 Å². The number of rotatable bonds is 2. The Morgan fingerprint density at radius 2 is 1.54 bits per heavy atom. The third kappa shape index (κ3) is 3.15. The van der Waals surface area contributed by atoms with Crippen molar-refractivity contribution in [3.05, 3.63) is 95.6 Å². The molecule has 1 heterocycles. The smallest absolute Gasteiger partial charge is 0.0769 e. The topological polar surface area (TPSA) is 12.4 Å². The molecule has 0 saturated heterocycles. The van der Waals surface area contributed by atoms with Gasteiger partial charge in [-0.25, -0.2) is 0 Å². The molecular weight excluding hydrogens is 310 g/mol. The van der Waals surface area contributed by atoms with Gasteiger partial charge in [0.2, 0.25) is 0 Å². The number of para-hydroxylation sites is 1. The second kappa shape index (κ2) is 6.66. The molecule has 0 spiro atoms. The number of nitrogens with zero attached hydrogens (tertiary/aromatic N) is 1. The zero-order valence-corrected chi connectivity index (χ0v) is 14.5. The van der Waals surface area contributed by atoms with Crippen LogP contribution in [0.4, 0.5) is 5.69 Å². The number of fused-ring (bicyclic) bond motifs is 1. The third-order valence-electron chi connectivity index (χ3n) is 4.32. The van der Waals surface area contributed by atoms with Crippen molar-refractivity contribution in [2.75, 3.05) is 0 Å². The van der Waals surface area contributed by atoms with E-state index in [0.29, 0.717) is 5.25 Å². The first-order chi connectivity index (χ1) is 11.8. The molecule has 118 valence electrons. The predicted molar refractivity (Wildman–Crippen MR) is 103 cm³/mol. The molecule has 3 aromatic carbocycles. The van der Waals surface area contributed by atoms with Crippen molar-refractivity contribution in [2.24, 2.45) is 4.99 Å². The van der Waals surface area contributed by atoms with Crippen LogP contribution in [0.3, 0.4) is 0 Å². The molecule has 0 bridgehead atoms. The highest BCUT2D eigenvalue weighted by Gasteiger charge is 2.22. The molecule has 0 fully saturated rings. The summed E-state index contributed by atoms with van der Waals surface area (Å²) >= 11 is 1.92. The Balaban J connectivity index is 1.80. The molecule has 24 heavy (non-hydrogen) atoms. The molecule has 1 unspecified atom stereocenters. The molecule has 1 aliphatic rings. The Hall–Kier alpha value is -2.32. The van der Waals surface area contributed by atoms with Gasteiger partial charge in [-0.05, 0) is 30.2 Å². The van der Waals surface area contributed by atoms with Gasteiger partial charge in [-0.15, -0.1) is 11.8 Å². The summed E-state index contributed by atoms with van der Waals surface area (Å²) in [5.41, 5.74) is 6.11. The minimum Gasteiger partial charge on any atom is -0.252 e. The number of hydrogen-bond donors (Lipinski definition) is 0. The molecule has 0 aliphatic carbocycles. The van der Waals surface area contributed by atoms with Crippen LogP contribution < -0.4 is 0 Å². The van der Waals surface area contributed by atoms with Crippen LogP contribution in [0.5, 0.6) is 0 Å². The van der Waals surface area contributed by atoms with E-state index in [1.807, 2.05) is 11.8 Å². The molecule has 4 rings (SSSR count). The van der Waals surface area contributed by atoms with Gasteiger partial charge in [-0.2, -0.15) is 0 Å². The highest BCUT2D eigenvalue weighted by molar-refractivity contribution is 7.99. The van der Waals surface area contributed by atoms with Crippen LogP contribution in [0, 0.1) is 6.92 Å². The van der Waals surface area contributed by atoms with Crippen LogP contribution in [0.2, 0.25) is 0 Å². The van der Waals surface area contributed by atoms with E-state index in [-0.39, 0.29) is 0 Å². The Labute approximate surface area is 147 Å². The maximum Gasteiger partial charge on any atom is 0.0769 e. The van der Waals surface area contributed by atoms with Crippen LogP contribution in [-0.2, 0) is 0 Å². The summed E-state index contributed by atoms with van der Waals surface area (Å²) in [7, 11) is 0. The van der Waals surface area contributed by atoms with Crippen molar-refractivity contribution in [1.29, 1.82) is 0 Å². The third-order valence-corrected chi connectivity index (χ3v) is 5.65. The number of benzene rings is 3. The standard InChI is InChI=1S/C22H19NS/c1-16-11-13-17(14-12-16)20-15-22(18-7-3-2-4-8-18)24-21-10-6-5-9-19(21)23-20/h2-14,22H,15H2,1H3.